The summed E-state index contributed by atoms with van der Waals surface area (Å²) in [7, 11) is -4.28. The van der Waals surface area contributed by atoms with Crippen molar-refractivity contribution in [1.29, 1.82) is 0 Å². The van der Waals surface area contributed by atoms with Crippen LogP contribution in [-0.2, 0) is 23.4 Å². The van der Waals surface area contributed by atoms with E-state index < -0.39 is 68.3 Å². The van der Waals surface area contributed by atoms with Crippen LogP contribution < -0.4 is 20.9 Å². The second kappa shape index (κ2) is 11.3. The van der Waals surface area contributed by atoms with Crippen LogP contribution in [0.1, 0.15) is 27.0 Å². The van der Waals surface area contributed by atoms with Crippen molar-refractivity contribution in [2.24, 2.45) is 0 Å². The predicted octanol–water partition coefficient (Wildman–Crippen LogP) is 1.27. The molecule has 0 radical (unpaired) electrons. The summed E-state index contributed by atoms with van der Waals surface area (Å²) in [5.74, 6) is -0.555. The number of aromatic nitrogens is 2. The Morgan fingerprint density at radius 1 is 1.26 bits per heavy atom. The van der Waals surface area contributed by atoms with Gasteiger partial charge in [-0.05, 0) is 32.9 Å². The number of aliphatic hydroxyl groups excluding tert-OH is 1. The highest BCUT2D eigenvalue weighted by Gasteiger charge is 2.47. The molecule has 2 heterocycles. The first-order valence-electron chi connectivity index (χ1n) is 10.8. The number of para-hydroxylation sites is 1. The van der Waals surface area contributed by atoms with E-state index in [1.54, 1.807) is 32.0 Å². The van der Waals surface area contributed by atoms with Crippen LogP contribution in [0.5, 0.6) is 5.75 Å². The van der Waals surface area contributed by atoms with E-state index in [1.165, 1.54) is 19.1 Å². The Balaban J connectivity index is 1.75. The molecular formula is C21H27FN3O9P. The topological polar surface area (TPSA) is 158 Å². The van der Waals surface area contributed by atoms with Gasteiger partial charge in [0.15, 0.2) is 12.4 Å². The van der Waals surface area contributed by atoms with Crippen LogP contribution in [0.3, 0.4) is 0 Å². The van der Waals surface area contributed by atoms with Crippen molar-refractivity contribution in [1.82, 2.24) is 14.6 Å². The number of aromatic amines is 1. The molecule has 1 aliphatic heterocycles. The SMILES string of the molecule is CC(C)OC(=O)[C@H](C)NP(=O)(OC[C@H]1O[C@@H](n2ccc(=O)[nH]c2=O)[C@@H](F)[C@H]1O)Oc1ccccc1. The number of esters is 1. The van der Waals surface area contributed by atoms with Gasteiger partial charge in [0, 0.05) is 12.3 Å². The van der Waals surface area contributed by atoms with Crippen LogP contribution in [0.2, 0.25) is 0 Å². The van der Waals surface area contributed by atoms with E-state index >= 15 is 0 Å². The smallest absolute Gasteiger partial charge is 0.459 e. The maximum atomic E-state index is 14.7. The second-order valence-electron chi connectivity index (χ2n) is 8.05. The number of alkyl halides is 1. The molecule has 2 aromatic rings. The number of hydrogen-bond acceptors (Lipinski definition) is 9. The molecule has 35 heavy (non-hydrogen) atoms. The molecule has 192 valence electrons. The number of rotatable bonds is 10. The van der Waals surface area contributed by atoms with Crippen LogP contribution in [0, 0.1) is 0 Å². The first-order chi connectivity index (χ1) is 16.5. The molecule has 1 aliphatic rings. The molecule has 6 atom stereocenters. The monoisotopic (exact) mass is 515 g/mol. The molecule has 0 spiro atoms. The normalized spacial score (nSPS) is 24.6. The highest BCUT2D eigenvalue weighted by molar-refractivity contribution is 7.52. The molecule has 1 aromatic heterocycles. The minimum Gasteiger partial charge on any atom is -0.462 e. The Kier molecular flexibility index (Phi) is 8.62. The lowest BCUT2D eigenvalue weighted by Gasteiger charge is -2.25. The fourth-order valence-corrected chi connectivity index (χ4v) is 4.70. The third-order valence-corrected chi connectivity index (χ3v) is 6.50. The van der Waals surface area contributed by atoms with Gasteiger partial charge in [0.05, 0.1) is 12.7 Å². The fourth-order valence-electron chi connectivity index (χ4n) is 3.20. The van der Waals surface area contributed by atoms with E-state index in [0.29, 0.717) is 0 Å². The lowest BCUT2D eigenvalue weighted by molar-refractivity contribution is -0.149. The first kappa shape index (κ1) is 26.8. The summed E-state index contributed by atoms with van der Waals surface area (Å²) in [6.07, 6.45) is -6.13. The zero-order valence-corrected chi connectivity index (χ0v) is 20.1. The molecule has 0 amide bonds. The highest BCUT2D eigenvalue weighted by atomic mass is 31.2. The molecule has 1 saturated heterocycles. The van der Waals surface area contributed by atoms with Crippen LogP contribution >= 0.6 is 7.75 Å². The van der Waals surface area contributed by atoms with Gasteiger partial charge in [-0.2, -0.15) is 5.09 Å². The van der Waals surface area contributed by atoms with Crippen molar-refractivity contribution in [2.45, 2.75) is 57.5 Å². The molecule has 3 rings (SSSR count). The largest absolute Gasteiger partial charge is 0.462 e. The van der Waals surface area contributed by atoms with E-state index in [-0.39, 0.29) is 5.75 Å². The average molecular weight is 515 g/mol. The predicted molar refractivity (Wildman–Crippen MR) is 121 cm³/mol. The molecule has 1 aromatic carbocycles. The Morgan fingerprint density at radius 2 is 1.94 bits per heavy atom. The lowest BCUT2D eigenvalue weighted by Crippen LogP contribution is -2.37. The molecule has 0 aliphatic carbocycles. The van der Waals surface area contributed by atoms with Crippen LogP contribution in [0.4, 0.5) is 4.39 Å². The highest BCUT2D eigenvalue weighted by Crippen LogP contribution is 2.46. The first-order valence-corrected chi connectivity index (χ1v) is 12.3. The quantitative estimate of drug-likeness (QED) is 0.311. The lowest BCUT2D eigenvalue weighted by atomic mass is 10.1. The van der Waals surface area contributed by atoms with E-state index in [9.17, 15) is 28.4 Å². The Hall–Kier alpha value is -2.83. The van der Waals surface area contributed by atoms with Crippen LogP contribution in [-0.4, -0.2) is 57.8 Å². The van der Waals surface area contributed by atoms with Gasteiger partial charge in [0.2, 0.25) is 0 Å². The maximum Gasteiger partial charge on any atom is 0.459 e. The number of nitrogens with one attached hydrogen (secondary N) is 2. The van der Waals surface area contributed by atoms with Gasteiger partial charge in [-0.3, -0.25) is 23.7 Å². The van der Waals surface area contributed by atoms with Gasteiger partial charge in [-0.25, -0.2) is 13.8 Å². The zero-order valence-electron chi connectivity index (χ0n) is 19.2. The third-order valence-electron chi connectivity index (χ3n) is 4.85. The summed E-state index contributed by atoms with van der Waals surface area (Å²) in [6, 6.07) is 7.86. The summed E-state index contributed by atoms with van der Waals surface area (Å²) in [6.45, 7) is 4.07. The van der Waals surface area contributed by atoms with E-state index in [1.807, 2.05) is 4.98 Å². The minimum atomic E-state index is -4.28. The molecule has 14 heteroatoms. The molecule has 12 nitrogen and oxygen atoms in total. The Labute approximate surface area is 199 Å². The number of benzene rings is 1. The van der Waals surface area contributed by atoms with Gasteiger partial charge < -0.3 is 19.1 Å². The van der Waals surface area contributed by atoms with Gasteiger partial charge in [-0.1, -0.05) is 18.2 Å². The van der Waals surface area contributed by atoms with Crippen LogP contribution in [0.15, 0.2) is 52.2 Å². The van der Waals surface area contributed by atoms with E-state index in [4.69, 9.17) is 18.5 Å². The van der Waals surface area contributed by atoms with Crippen molar-refractivity contribution in [3.63, 3.8) is 0 Å². The van der Waals surface area contributed by atoms with Crippen molar-refractivity contribution in [3.8, 4) is 5.75 Å². The number of aliphatic hydroxyl groups is 1. The number of nitrogens with zero attached hydrogens (tertiary/aromatic N) is 1. The van der Waals surface area contributed by atoms with Crippen molar-refractivity contribution in [3.05, 3.63) is 63.4 Å². The minimum absolute atomic E-state index is 0.154. The van der Waals surface area contributed by atoms with Gasteiger partial charge in [0.1, 0.15) is 24.0 Å². The standard InChI is InChI=1S/C21H27FN3O9P/c1-12(2)32-20(28)13(3)24-35(30,34-14-7-5-4-6-8-14)31-11-15-18(27)17(22)19(33-15)25-10-9-16(26)23-21(25)29/h4-10,12-13,15,17-19,27H,11H2,1-3H3,(H,24,30)(H,23,26,29)/t13-,15+,17-,18-,19+,35?/m0/s1. The number of carbonyl (C=O) groups excluding carboxylic acids is 1. The molecule has 0 saturated carbocycles. The van der Waals surface area contributed by atoms with Gasteiger partial charge in [0.25, 0.3) is 5.56 Å². The number of hydrogen-bond donors (Lipinski definition) is 3. The Morgan fingerprint density at radius 3 is 2.57 bits per heavy atom. The molecule has 1 unspecified atom stereocenters. The molecular weight excluding hydrogens is 488 g/mol. The zero-order chi connectivity index (χ0) is 25.8. The molecule has 0 bridgehead atoms. The summed E-state index contributed by atoms with van der Waals surface area (Å²) >= 11 is 0. The van der Waals surface area contributed by atoms with Crippen LogP contribution in [0.25, 0.3) is 0 Å². The molecule has 1 fully saturated rings. The maximum absolute atomic E-state index is 14.7. The number of ether oxygens (including phenoxy) is 2. The summed E-state index contributed by atoms with van der Waals surface area (Å²) in [5, 5.41) is 12.8. The summed E-state index contributed by atoms with van der Waals surface area (Å²) < 4.78 is 50.4. The van der Waals surface area contributed by atoms with E-state index in [2.05, 4.69) is 5.09 Å². The van der Waals surface area contributed by atoms with Crippen molar-refractivity contribution in [2.75, 3.05) is 6.61 Å². The number of halogens is 1. The summed E-state index contributed by atoms with van der Waals surface area (Å²) in [4.78, 5) is 37.4. The molecule has 3 N–H and O–H groups in total. The number of H-pyrrole nitrogens is 1. The van der Waals surface area contributed by atoms with Crippen molar-refractivity contribution >= 4 is 13.7 Å². The fraction of sp³-hybridized carbons (Fsp3) is 0.476. The number of carbonyl (C=O) groups is 1. The Bertz CT molecular complexity index is 1170. The third kappa shape index (κ3) is 6.86. The van der Waals surface area contributed by atoms with Crippen molar-refractivity contribution < 1.29 is 37.4 Å². The average Bonchev–Trinajstić information content (AvgIpc) is 3.06. The van der Waals surface area contributed by atoms with Gasteiger partial charge in [-0.15, -0.1) is 0 Å². The summed E-state index contributed by atoms with van der Waals surface area (Å²) in [5.41, 5.74) is -1.62. The second-order valence-corrected chi connectivity index (χ2v) is 9.75. The van der Waals surface area contributed by atoms with Gasteiger partial charge >= 0.3 is 19.4 Å². The van der Waals surface area contributed by atoms with E-state index in [0.717, 1.165) is 16.8 Å².